The van der Waals surface area contributed by atoms with Crippen LogP contribution < -0.4 is 5.32 Å². The van der Waals surface area contributed by atoms with Crippen LogP contribution in [0.5, 0.6) is 0 Å². The first kappa shape index (κ1) is 15.6. The van der Waals surface area contributed by atoms with E-state index >= 15 is 0 Å². The molecule has 1 saturated carbocycles. The Balaban J connectivity index is 1.54. The summed E-state index contributed by atoms with van der Waals surface area (Å²) in [4.78, 5) is 0. The van der Waals surface area contributed by atoms with Gasteiger partial charge in [-0.3, -0.25) is 0 Å². The molecule has 0 bridgehead atoms. The minimum absolute atomic E-state index is 0.355. The van der Waals surface area contributed by atoms with Crippen molar-refractivity contribution in [2.24, 2.45) is 5.92 Å². The van der Waals surface area contributed by atoms with Gasteiger partial charge in [-0.1, -0.05) is 19.8 Å². The molecule has 1 saturated heterocycles. The van der Waals surface area contributed by atoms with Crippen molar-refractivity contribution >= 4 is 11.8 Å². The standard InChI is InChI=1S/C15H29NO2S/c1-12-3-2-4-15(9-12)18-11-14(17)10-16-13-5-7-19-8-6-13/h12-17H,2-11H2,1H3. The quantitative estimate of drug-likeness (QED) is 0.787. The zero-order valence-corrected chi connectivity index (χ0v) is 13.0. The average Bonchev–Trinajstić information content (AvgIpc) is 2.44. The van der Waals surface area contributed by atoms with Gasteiger partial charge in [-0.05, 0) is 43.1 Å². The monoisotopic (exact) mass is 287 g/mol. The molecular weight excluding hydrogens is 258 g/mol. The van der Waals surface area contributed by atoms with Crippen LogP contribution in [-0.2, 0) is 4.74 Å². The maximum Gasteiger partial charge on any atom is 0.0897 e. The van der Waals surface area contributed by atoms with E-state index in [0.717, 1.165) is 5.92 Å². The van der Waals surface area contributed by atoms with Crippen molar-refractivity contribution in [3.63, 3.8) is 0 Å². The van der Waals surface area contributed by atoms with Gasteiger partial charge in [-0.2, -0.15) is 11.8 Å². The second-order valence-electron chi connectivity index (χ2n) is 6.18. The molecule has 0 amide bonds. The van der Waals surface area contributed by atoms with E-state index in [0.29, 0.717) is 25.3 Å². The summed E-state index contributed by atoms with van der Waals surface area (Å²) in [6.07, 6.45) is 7.45. The molecule has 0 aromatic carbocycles. The molecule has 3 unspecified atom stereocenters. The number of aliphatic hydroxyl groups excluding tert-OH is 1. The fourth-order valence-electron chi connectivity index (χ4n) is 3.04. The smallest absolute Gasteiger partial charge is 0.0897 e. The highest BCUT2D eigenvalue weighted by Gasteiger charge is 2.20. The number of hydrogen-bond donors (Lipinski definition) is 2. The lowest BCUT2D eigenvalue weighted by molar-refractivity contribution is -0.0312. The minimum Gasteiger partial charge on any atom is -0.389 e. The lowest BCUT2D eigenvalue weighted by atomic mass is 9.89. The van der Waals surface area contributed by atoms with Crippen LogP contribution in [0.4, 0.5) is 0 Å². The van der Waals surface area contributed by atoms with E-state index in [1.165, 1.54) is 50.0 Å². The highest BCUT2D eigenvalue weighted by atomic mass is 32.2. The van der Waals surface area contributed by atoms with Gasteiger partial charge in [-0.15, -0.1) is 0 Å². The molecule has 2 aliphatic rings. The normalized spacial score (nSPS) is 31.3. The molecule has 3 atom stereocenters. The zero-order valence-electron chi connectivity index (χ0n) is 12.1. The number of rotatable bonds is 6. The molecule has 112 valence electrons. The minimum atomic E-state index is -0.355. The molecule has 1 aliphatic carbocycles. The number of ether oxygens (including phenoxy) is 1. The Morgan fingerprint density at radius 3 is 2.79 bits per heavy atom. The predicted octanol–water partition coefficient (Wildman–Crippen LogP) is 2.43. The van der Waals surface area contributed by atoms with Crippen molar-refractivity contribution in [2.75, 3.05) is 24.7 Å². The van der Waals surface area contributed by atoms with Crippen LogP contribution in [0.25, 0.3) is 0 Å². The zero-order chi connectivity index (χ0) is 13.5. The molecule has 19 heavy (non-hydrogen) atoms. The van der Waals surface area contributed by atoms with E-state index in [9.17, 15) is 5.11 Å². The maximum absolute atomic E-state index is 9.98. The van der Waals surface area contributed by atoms with Crippen LogP contribution in [0, 0.1) is 5.92 Å². The third kappa shape index (κ3) is 6.03. The average molecular weight is 287 g/mol. The van der Waals surface area contributed by atoms with Crippen molar-refractivity contribution in [3.8, 4) is 0 Å². The Labute approximate surface area is 121 Å². The first-order valence-corrected chi connectivity index (χ1v) is 9.00. The van der Waals surface area contributed by atoms with Crippen LogP contribution >= 0.6 is 11.8 Å². The van der Waals surface area contributed by atoms with Gasteiger partial charge in [0.25, 0.3) is 0 Å². The fraction of sp³-hybridized carbons (Fsp3) is 1.00. The molecule has 0 aromatic rings. The summed E-state index contributed by atoms with van der Waals surface area (Å²) in [7, 11) is 0. The first-order valence-electron chi connectivity index (χ1n) is 7.85. The van der Waals surface area contributed by atoms with Gasteiger partial charge in [-0.25, -0.2) is 0 Å². The van der Waals surface area contributed by atoms with Gasteiger partial charge in [0.2, 0.25) is 0 Å². The summed E-state index contributed by atoms with van der Waals surface area (Å²) in [5, 5.41) is 13.5. The van der Waals surface area contributed by atoms with E-state index in [1.807, 2.05) is 11.8 Å². The predicted molar refractivity (Wildman–Crippen MR) is 81.7 cm³/mol. The number of aliphatic hydroxyl groups is 1. The van der Waals surface area contributed by atoms with Gasteiger partial charge >= 0.3 is 0 Å². The summed E-state index contributed by atoms with van der Waals surface area (Å²) in [5.74, 6) is 3.29. The van der Waals surface area contributed by atoms with Gasteiger partial charge in [0.1, 0.15) is 0 Å². The summed E-state index contributed by atoms with van der Waals surface area (Å²) in [6, 6.07) is 0.602. The molecule has 0 aromatic heterocycles. The van der Waals surface area contributed by atoms with Crippen molar-refractivity contribution in [1.82, 2.24) is 5.32 Å². The molecule has 2 fully saturated rings. The van der Waals surface area contributed by atoms with Crippen LogP contribution in [-0.4, -0.2) is 48.0 Å². The SMILES string of the molecule is CC1CCCC(OCC(O)CNC2CCSCC2)C1. The molecule has 4 heteroatoms. The molecule has 1 heterocycles. The molecule has 0 spiro atoms. The number of thioether (sulfide) groups is 1. The molecule has 2 N–H and O–H groups in total. The molecule has 2 rings (SSSR count). The lowest BCUT2D eigenvalue weighted by Gasteiger charge is -2.28. The largest absolute Gasteiger partial charge is 0.389 e. The highest BCUT2D eigenvalue weighted by molar-refractivity contribution is 7.99. The Morgan fingerprint density at radius 1 is 1.26 bits per heavy atom. The topological polar surface area (TPSA) is 41.5 Å². The van der Waals surface area contributed by atoms with Gasteiger partial charge in [0.15, 0.2) is 0 Å². The second-order valence-corrected chi connectivity index (χ2v) is 7.40. The van der Waals surface area contributed by atoms with E-state index < -0.39 is 0 Å². The van der Waals surface area contributed by atoms with Gasteiger partial charge < -0.3 is 15.2 Å². The van der Waals surface area contributed by atoms with Crippen molar-refractivity contribution in [2.45, 2.75) is 63.7 Å². The Bertz CT molecular complexity index is 246. The molecule has 0 radical (unpaired) electrons. The van der Waals surface area contributed by atoms with Crippen LogP contribution in [0.2, 0.25) is 0 Å². The van der Waals surface area contributed by atoms with Gasteiger partial charge in [0, 0.05) is 12.6 Å². The Kier molecular flexibility index (Phi) is 6.99. The summed E-state index contributed by atoms with van der Waals surface area (Å²) in [5.41, 5.74) is 0. The number of hydrogen-bond acceptors (Lipinski definition) is 4. The third-order valence-corrected chi connectivity index (χ3v) is 5.32. The van der Waals surface area contributed by atoms with Crippen LogP contribution in [0.15, 0.2) is 0 Å². The van der Waals surface area contributed by atoms with Gasteiger partial charge in [0.05, 0.1) is 18.8 Å². The molecular formula is C15H29NO2S. The maximum atomic E-state index is 9.98. The molecule has 1 aliphatic heterocycles. The lowest BCUT2D eigenvalue weighted by Crippen LogP contribution is -2.40. The first-order chi connectivity index (χ1) is 9.24. The van der Waals surface area contributed by atoms with E-state index in [-0.39, 0.29) is 6.10 Å². The highest BCUT2D eigenvalue weighted by Crippen LogP contribution is 2.25. The van der Waals surface area contributed by atoms with Crippen LogP contribution in [0.3, 0.4) is 0 Å². The van der Waals surface area contributed by atoms with E-state index in [2.05, 4.69) is 12.2 Å². The van der Waals surface area contributed by atoms with Crippen molar-refractivity contribution < 1.29 is 9.84 Å². The summed E-state index contributed by atoms with van der Waals surface area (Å²) in [6.45, 7) is 3.47. The summed E-state index contributed by atoms with van der Waals surface area (Å²) >= 11 is 2.03. The fourth-order valence-corrected chi connectivity index (χ4v) is 4.15. The third-order valence-electron chi connectivity index (χ3n) is 4.28. The summed E-state index contributed by atoms with van der Waals surface area (Å²) < 4.78 is 5.86. The van der Waals surface area contributed by atoms with Crippen molar-refractivity contribution in [1.29, 1.82) is 0 Å². The molecule has 3 nitrogen and oxygen atoms in total. The Hall–Kier alpha value is 0.230. The van der Waals surface area contributed by atoms with Crippen molar-refractivity contribution in [3.05, 3.63) is 0 Å². The van der Waals surface area contributed by atoms with E-state index in [1.54, 1.807) is 0 Å². The van der Waals surface area contributed by atoms with E-state index in [4.69, 9.17) is 4.74 Å². The Morgan fingerprint density at radius 2 is 2.05 bits per heavy atom. The van der Waals surface area contributed by atoms with Crippen LogP contribution in [0.1, 0.15) is 45.4 Å². The second kappa shape index (κ2) is 8.50. The number of nitrogens with one attached hydrogen (secondary N) is 1.